The minimum absolute atomic E-state index is 0.0853. The van der Waals surface area contributed by atoms with E-state index in [1.807, 2.05) is 41.6 Å². The Morgan fingerprint density at radius 3 is 2.65 bits per heavy atom. The van der Waals surface area contributed by atoms with E-state index >= 15 is 0 Å². The fourth-order valence-electron chi connectivity index (χ4n) is 2.95. The molecule has 1 aromatic heterocycles. The number of hydrogen-bond acceptors (Lipinski definition) is 6. The van der Waals surface area contributed by atoms with Gasteiger partial charge in [0.1, 0.15) is 11.6 Å². The highest BCUT2D eigenvalue weighted by atomic mass is 16.5. The van der Waals surface area contributed by atoms with Gasteiger partial charge < -0.3 is 14.4 Å². The Morgan fingerprint density at radius 1 is 1.15 bits per heavy atom. The van der Waals surface area contributed by atoms with Gasteiger partial charge in [0.15, 0.2) is 0 Å². The third-order valence-corrected chi connectivity index (χ3v) is 4.36. The van der Waals surface area contributed by atoms with Crippen LogP contribution >= 0.6 is 0 Å². The molecule has 7 nitrogen and oxygen atoms in total. The lowest BCUT2D eigenvalue weighted by atomic mass is 10.2. The molecule has 0 unspecified atom stereocenters. The average Bonchev–Trinajstić information content (AvgIpc) is 2.67. The molecule has 1 saturated heterocycles. The first-order valence-corrected chi connectivity index (χ1v) is 8.65. The molecule has 1 aromatic carbocycles. The van der Waals surface area contributed by atoms with Crippen molar-refractivity contribution < 1.29 is 14.3 Å². The highest BCUT2D eigenvalue weighted by Gasteiger charge is 2.25. The molecular weight excluding hydrogens is 332 g/mol. The lowest BCUT2D eigenvalue weighted by Crippen LogP contribution is -2.50. The molecule has 0 saturated carbocycles. The Hall–Kier alpha value is -2.51. The number of carbonyl (C=O) groups excluding carboxylic acids is 1. The van der Waals surface area contributed by atoms with Crippen LogP contribution in [0.25, 0.3) is 0 Å². The van der Waals surface area contributed by atoms with Crippen LogP contribution < -0.4 is 9.64 Å². The summed E-state index contributed by atoms with van der Waals surface area (Å²) in [6.07, 6.45) is 4.36. The van der Waals surface area contributed by atoms with Crippen LogP contribution in [-0.4, -0.2) is 61.2 Å². The number of carbonyl (C=O) groups is 1. The standard InChI is InChI=1S/C19H24N4O3/c1-25-9-6-18-20-11-15(12-21-18)13-22-7-8-23(19(24)14-22)16-4-3-5-17(10-16)26-2/h3-5,10-12H,6-9,13-14H2,1-2H3. The van der Waals surface area contributed by atoms with Crippen LogP contribution in [0, 0.1) is 0 Å². The van der Waals surface area contributed by atoms with Gasteiger partial charge in [-0.05, 0) is 12.1 Å². The summed E-state index contributed by atoms with van der Waals surface area (Å²) in [6, 6.07) is 7.60. The second-order valence-electron chi connectivity index (χ2n) is 6.21. The number of amides is 1. The molecule has 1 aliphatic heterocycles. The molecule has 0 radical (unpaired) electrons. The molecule has 0 bridgehead atoms. The minimum Gasteiger partial charge on any atom is -0.497 e. The Balaban J connectivity index is 1.57. The first-order chi connectivity index (χ1) is 12.7. The monoisotopic (exact) mass is 356 g/mol. The molecule has 1 aliphatic rings. The lowest BCUT2D eigenvalue weighted by molar-refractivity contribution is -0.121. The third kappa shape index (κ3) is 4.56. The summed E-state index contributed by atoms with van der Waals surface area (Å²) in [5, 5.41) is 0. The van der Waals surface area contributed by atoms with E-state index in [1.165, 1.54) is 0 Å². The second-order valence-corrected chi connectivity index (χ2v) is 6.21. The molecule has 1 fully saturated rings. The number of rotatable bonds is 7. The molecule has 26 heavy (non-hydrogen) atoms. The maximum atomic E-state index is 12.6. The second kappa shape index (κ2) is 8.73. The van der Waals surface area contributed by atoms with E-state index in [0.29, 0.717) is 32.7 Å². The van der Waals surface area contributed by atoms with Crippen molar-refractivity contribution in [1.82, 2.24) is 14.9 Å². The molecule has 1 amide bonds. The number of ether oxygens (including phenoxy) is 2. The maximum Gasteiger partial charge on any atom is 0.241 e. The number of methoxy groups -OCH3 is 2. The molecule has 138 valence electrons. The summed E-state index contributed by atoms with van der Waals surface area (Å²) in [7, 11) is 3.29. The molecule has 3 rings (SSSR count). The zero-order valence-electron chi connectivity index (χ0n) is 15.2. The number of hydrogen-bond donors (Lipinski definition) is 0. The Bertz CT molecular complexity index is 736. The van der Waals surface area contributed by atoms with Crippen molar-refractivity contribution in [2.45, 2.75) is 13.0 Å². The van der Waals surface area contributed by atoms with Gasteiger partial charge in [0, 0.05) is 62.9 Å². The number of benzene rings is 1. The van der Waals surface area contributed by atoms with Crippen molar-refractivity contribution in [2.75, 3.05) is 45.4 Å². The van der Waals surface area contributed by atoms with E-state index in [-0.39, 0.29) is 5.91 Å². The van der Waals surface area contributed by atoms with Crippen LogP contribution in [0.2, 0.25) is 0 Å². The summed E-state index contributed by atoms with van der Waals surface area (Å²) in [5.74, 6) is 1.61. The summed E-state index contributed by atoms with van der Waals surface area (Å²) in [4.78, 5) is 25.2. The number of aromatic nitrogens is 2. The van der Waals surface area contributed by atoms with Crippen molar-refractivity contribution in [3.05, 3.63) is 48.0 Å². The summed E-state index contributed by atoms with van der Waals surface area (Å²) in [6.45, 7) is 3.11. The van der Waals surface area contributed by atoms with Crippen LogP contribution in [0.4, 0.5) is 5.69 Å². The number of anilines is 1. The van der Waals surface area contributed by atoms with E-state index in [1.54, 1.807) is 14.2 Å². The molecule has 2 aromatic rings. The Labute approximate surface area is 153 Å². The molecule has 0 N–H and O–H groups in total. The fourth-order valence-corrected chi connectivity index (χ4v) is 2.95. The van der Waals surface area contributed by atoms with Gasteiger partial charge in [-0.25, -0.2) is 9.97 Å². The first kappa shape index (κ1) is 18.3. The van der Waals surface area contributed by atoms with E-state index < -0.39 is 0 Å². The zero-order chi connectivity index (χ0) is 18.4. The lowest BCUT2D eigenvalue weighted by Gasteiger charge is -2.34. The molecule has 7 heteroatoms. The van der Waals surface area contributed by atoms with Gasteiger partial charge in [0.25, 0.3) is 0 Å². The molecule has 0 aliphatic carbocycles. The summed E-state index contributed by atoms with van der Waals surface area (Å²) >= 11 is 0. The van der Waals surface area contributed by atoms with Crippen molar-refractivity contribution >= 4 is 11.6 Å². The third-order valence-electron chi connectivity index (χ3n) is 4.36. The van der Waals surface area contributed by atoms with E-state index in [0.717, 1.165) is 29.4 Å². The van der Waals surface area contributed by atoms with Gasteiger partial charge in [-0.15, -0.1) is 0 Å². The van der Waals surface area contributed by atoms with Gasteiger partial charge >= 0.3 is 0 Å². The molecule has 2 heterocycles. The van der Waals surface area contributed by atoms with Crippen molar-refractivity contribution in [3.63, 3.8) is 0 Å². The zero-order valence-corrected chi connectivity index (χ0v) is 15.2. The van der Waals surface area contributed by atoms with Gasteiger partial charge in [-0.3, -0.25) is 9.69 Å². The van der Waals surface area contributed by atoms with Crippen LogP contribution in [0.1, 0.15) is 11.4 Å². The predicted octanol–water partition coefficient (Wildman–Crippen LogP) is 1.52. The van der Waals surface area contributed by atoms with Gasteiger partial charge in [0.05, 0.1) is 20.3 Å². The highest BCUT2D eigenvalue weighted by Crippen LogP contribution is 2.23. The van der Waals surface area contributed by atoms with Crippen LogP contribution in [-0.2, 0) is 22.5 Å². The van der Waals surface area contributed by atoms with Gasteiger partial charge in [0.2, 0.25) is 5.91 Å². The van der Waals surface area contributed by atoms with Gasteiger partial charge in [-0.1, -0.05) is 6.07 Å². The summed E-state index contributed by atoms with van der Waals surface area (Å²) in [5.41, 5.74) is 1.88. The smallest absolute Gasteiger partial charge is 0.241 e. The van der Waals surface area contributed by atoms with Crippen LogP contribution in [0.5, 0.6) is 5.75 Å². The van der Waals surface area contributed by atoms with E-state index in [2.05, 4.69) is 14.9 Å². The van der Waals surface area contributed by atoms with E-state index in [9.17, 15) is 4.79 Å². The maximum absolute atomic E-state index is 12.6. The number of nitrogens with zero attached hydrogens (tertiary/aromatic N) is 4. The van der Waals surface area contributed by atoms with Crippen molar-refractivity contribution in [2.24, 2.45) is 0 Å². The molecular formula is C19H24N4O3. The average molecular weight is 356 g/mol. The van der Waals surface area contributed by atoms with Crippen LogP contribution in [0.15, 0.2) is 36.7 Å². The van der Waals surface area contributed by atoms with E-state index in [4.69, 9.17) is 9.47 Å². The molecule has 0 spiro atoms. The SMILES string of the molecule is COCCc1ncc(CN2CCN(c3cccc(OC)c3)C(=O)C2)cn1. The topological polar surface area (TPSA) is 67.8 Å². The van der Waals surface area contributed by atoms with Crippen molar-refractivity contribution in [3.8, 4) is 5.75 Å². The number of piperazine rings is 1. The molecule has 0 atom stereocenters. The summed E-state index contributed by atoms with van der Waals surface area (Å²) < 4.78 is 10.3. The van der Waals surface area contributed by atoms with Crippen molar-refractivity contribution in [1.29, 1.82) is 0 Å². The predicted molar refractivity (Wildman–Crippen MR) is 98.2 cm³/mol. The normalized spacial score (nSPS) is 15.3. The fraction of sp³-hybridized carbons (Fsp3) is 0.421. The Morgan fingerprint density at radius 2 is 1.96 bits per heavy atom. The Kier molecular flexibility index (Phi) is 6.14. The minimum atomic E-state index is 0.0853. The van der Waals surface area contributed by atoms with Gasteiger partial charge in [-0.2, -0.15) is 0 Å². The highest BCUT2D eigenvalue weighted by molar-refractivity contribution is 5.95. The largest absolute Gasteiger partial charge is 0.497 e. The van der Waals surface area contributed by atoms with Crippen LogP contribution in [0.3, 0.4) is 0 Å². The first-order valence-electron chi connectivity index (χ1n) is 8.65. The quantitative estimate of drug-likeness (QED) is 0.749.